The van der Waals surface area contributed by atoms with Crippen molar-refractivity contribution >= 4 is 0 Å². The minimum absolute atomic E-state index is 0.600. The largest absolute Gasteiger partial charge is 0.382 e. The van der Waals surface area contributed by atoms with E-state index in [0.29, 0.717) is 5.56 Å². The second-order valence-corrected chi connectivity index (χ2v) is 3.91. The average Bonchev–Trinajstić information content (AvgIpc) is 2.04. The van der Waals surface area contributed by atoms with Crippen LogP contribution in [0.15, 0.2) is 30.3 Å². The zero-order chi connectivity index (χ0) is 10.1. The summed E-state index contributed by atoms with van der Waals surface area (Å²) in [5.74, 6) is 0. The Bertz CT molecular complexity index is 272. The molecule has 1 aromatic carbocycles. The molecule has 0 heterocycles. The van der Waals surface area contributed by atoms with Gasteiger partial charge in [-0.1, -0.05) is 30.3 Å². The Labute approximate surface area is 78.2 Å². The third kappa shape index (κ3) is 1.89. The van der Waals surface area contributed by atoms with Crippen molar-refractivity contribution in [1.29, 1.82) is 0 Å². The Morgan fingerprint density at radius 3 is 1.92 bits per heavy atom. The number of aliphatic hydroxyl groups is 1. The quantitative estimate of drug-likeness (QED) is 0.745. The molecule has 0 bridgehead atoms. The van der Waals surface area contributed by atoms with E-state index in [1.165, 1.54) is 20.8 Å². The standard InChI is InChI=1S/C11H15FO/c1-10(2,12)11(3,13)9-7-5-4-6-8-9/h4-8,13H,1-3H3. The van der Waals surface area contributed by atoms with Crippen LogP contribution in [0.4, 0.5) is 4.39 Å². The fraction of sp³-hybridized carbons (Fsp3) is 0.455. The molecule has 1 aromatic rings. The summed E-state index contributed by atoms with van der Waals surface area (Å²) < 4.78 is 13.6. The summed E-state index contributed by atoms with van der Waals surface area (Å²) in [6, 6.07) is 8.86. The van der Waals surface area contributed by atoms with Crippen LogP contribution in [0.1, 0.15) is 26.3 Å². The van der Waals surface area contributed by atoms with Crippen molar-refractivity contribution < 1.29 is 9.50 Å². The van der Waals surface area contributed by atoms with Crippen molar-refractivity contribution in [2.75, 3.05) is 0 Å². The zero-order valence-electron chi connectivity index (χ0n) is 8.21. The topological polar surface area (TPSA) is 20.2 Å². The molecule has 0 amide bonds. The molecule has 0 fully saturated rings. The number of rotatable bonds is 2. The van der Waals surface area contributed by atoms with Crippen molar-refractivity contribution in [1.82, 2.24) is 0 Å². The highest BCUT2D eigenvalue weighted by molar-refractivity contribution is 5.24. The number of halogens is 1. The molecule has 0 saturated heterocycles. The van der Waals surface area contributed by atoms with Gasteiger partial charge in [-0.25, -0.2) is 4.39 Å². The molecule has 0 saturated carbocycles. The molecule has 0 aliphatic carbocycles. The summed E-state index contributed by atoms with van der Waals surface area (Å²) in [5, 5.41) is 9.95. The molecule has 1 rings (SSSR count). The number of alkyl halides is 1. The van der Waals surface area contributed by atoms with E-state index in [2.05, 4.69) is 0 Å². The van der Waals surface area contributed by atoms with Crippen LogP contribution in [0.2, 0.25) is 0 Å². The van der Waals surface area contributed by atoms with Gasteiger partial charge in [-0.2, -0.15) is 0 Å². The van der Waals surface area contributed by atoms with Gasteiger partial charge in [0.05, 0.1) is 0 Å². The summed E-state index contributed by atoms with van der Waals surface area (Å²) in [5.41, 5.74) is -2.48. The normalized spacial score (nSPS) is 16.7. The molecule has 0 aliphatic heterocycles. The Morgan fingerprint density at radius 1 is 1.08 bits per heavy atom. The molecule has 0 aromatic heterocycles. The zero-order valence-corrected chi connectivity index (χ0v) is 8.21. The lowest BCUT2D eigenvalue weighted by Crippen LogP contribution is -2.41. The van der Waals surface area contributed by atoms with Gasteiger partial charge < -0.3 is 5.11 Å². The van der Waals surface area contributed by atoms with Gasteiger partial charge in [0.15, 0.2) is 0 Å². The molecule has 13 heavy (non-hydrogen) atoms. The van der Waals surface area contributed by atoms with Crippen molar-refractivity contribution in [3.63, 3.8) is 0 Å². The van der Waals surface area contributed by atoms with Gasteiger partial charge in [-0.3, -0.25) is 0 Å². The maximum atomic E-state index is 13.6. The predicted molar refractivity (Wildman–Crippen MR) is 51.2 cm³/mol. The van der Waals surface area contributed by atoms with E-state index >= 15 is 0 Å². The summed E-state index contributed by atoms with van der Waals surface area (Å²) >= 11 is 0. The molecular formula is C11H15FO. The molecule has 0 aliphatic rings. The first-order valence-electron chi connectivity index (χ1n) is 4.32. The molecule has 1 nitrogen and oxygen atoms in total. The molecular weight excluding hydrogens is 167 g/mol. The fourth-order valence-corrected chi connectivity index (χ4v) is 1.11. The van der Waals surface area contributed by atoms with Crippen LogP contribution in [0.3, 0.4) is 0 Å². The summed E-state index contributed by atoms with van der Waals surface area (Å²) in [7, 11) is 0. The first-order valence-corrected chi connectivity index (χ1v) is 4.32. The van der Waals surface area contributed by atoms with Crippen LogP contribution >= 0.6 is 0 Å². The van der Waals surface area contributed by atoms with Crippen LogP contribution in [-0.4, -0.2) is 10.8 Å². The molecule has 0 radical (unpaired) electrons. The van der Waals surface area contributed by atoms with Crippen molar-refractivity contribution in [3.05, 3.63) is 35.9 Å². The lowest BCUT2D eigenvalue weighted by Gasteiger charge is -2.33. The molecule has 1 N–H and O–H groups in total. The van der Waals surface area contributed by atoms with Crippen LogP contribution in [-0.2, 0) is 5.60 Å². The fourth-order valence-electron chi connectivity index (χ4n) is 1.11. The van der Waals surface area contributed by atoms with Crippen LogP contribution in [0.25, 0.3) is 0 Å². The Kier molecular flexibility index (Phi) is 2.44. The Hall–Kier alpha value is -0.890. The van der Waals surface area contributed by atoms with Crippen molar-refractivity contribution in [2.45, 2.75) is 32.0 Å². The van der Waals surface area contributed by atoms with Gasteiger partial charge in [-0.15, -0.1) is 0 Å². The van der Waals surface area contributed by atoms with Crippen LogP contribution in [0, 0.1) is 0 Å². The highest BCUT2D eigenvalue weighted by Gasteiger charge is 2.40. The highest BCUT2D eigenvalue weighted by atomic mass is 19.1. The first-order chi connectivity index (χ1) is 5.86. The minimum Gasteiger partial charge on any atom is -0.382 e. The molecule has 1 atom stereocenters. The van der Waals surface area contributed by atoms with Crippen LogP contribution in [0.5, 0.6) is 0 Å². The van der Waals surface area contributed by atoms with E-state index in [4.69, 9.17) is 0 Å². The number of benzene rings is 1. The third-order valence-electron chi connectivity index (χ3n) is 2.49. The summed E-state index contributed by atoms with van der Waals surface area (Å²) in [6.07, 6.45) is 0. The van der Waals surface area contributed by atoms with E-state index in [1.54, 1.807) is 24.3 Å². The van der Waals surface area contributed by atoms with E-state index < -0.39 is 11.3 Å². The molecule has 1 unspecified atom stereocenters. The van der Waals surface area contributed by atoms with Gasteiger partial charge in [-0.05, 0) is 26.3 Å². The smallest absolute Gasteiger partial charge is 0.137 e. The average molecular weight is 182 g/mol. The monoisotopic (exact) mass is 182 g/mol. The van der Waals surface area contributed by atoms with E-state index in [-0.39, 0.29) is 0 Å². The summed E-state index contributed by atoms with van der Waals surface area (Å²) in [6.45, 7) is 4.24. The van der Waals surface area contributed by atoms with Crippen molar-refractivity contribution in [3.8, 4) is 0 Å². The predicted octanol–water partition coefficient (Wildman–Crippen LogP) is 2.64. The van der Waals surface area contributed by atoms with Crippen LogP contribution < -0.4 is 0 Å². The number of hydrogen-bond acceptors (Lipinski definition) is 1. The second kappa shape index (κ2) is 3.11. The second-order valence-electron chi connectivity index (χ2n) is 3.91. The van der Waals surface area contributed by atoms with Crippen molar-refractivity contribution in [2.24, 2.45) is 0 Å². The maximum Gasteiger partial charge on any atom is 0.137 e. The molecule has 2 heteroatoms. The third-order valence-corrected chi connectivity index (χ3v) is 2.49. The summed E-state index contributed by atoms with van der Waals surface area (Å²) in [4.78, 5) is 0. The molecule has 0 spiro atoms. The van der Waals surface area contributed by atoms with Gasteiger partial charge in [0.25, 0.3) is 0 Å². The van der Waals surface area contributed by atoms with Gasteiger partial charge in [0.2, 0.25) is 0 Å². The van der Waals surface area contributed by atoms with E-state index in [0.717, 1.165) is 0 Å². The molecule has 72 valence electrons. The lowest BCUT2D eigenvalue weighted by atomic mass is 9.83. The van der Waals surface area contributed by atoms with Gasteiger partial charge in [0.1, 0.15) is 11.3 Å². The lowest BCUT2D eigenvalue weighted by molar-refractivity contribution is -0.0763. The van der Waals surface area contributed by atoms with Gasteiger partial charge in [0, 0.05) is 0 Å². The SMILES string of the molecule is CC(C)(F)C(C)(O)c1ccccc1. The Morgan fingerprint density at radius 2 is 1.54 bits per heavy atom. The van der Waals surface area contributed by atoms with E-state index in [9.17, 15) is 9.50 Å². The van der Waals surface area contributed by atoms with E-state index in [1.807, 2.05) is 6.07 Å². The van der Waals surface area contributed by atoms with Gasteiger partial charge >= 0.3 is 0 Å². The Balaban J connectivity index is 3.08. The first kappa shape index (κ1) is 10.2. The maximum absolute atomic E-state index is 13.6. The highest BCUT2D eigenvalue weighted by Crippen LogP contribution is 2.34. The minimum atomic E-state index is -1.64. The number of hydrogen-bond donors (Lipinski definition) is 1.